The average Bonchev–Trinajstić information content (AvgIpc) is 3.00. The summed E-state index contributed by atoms with van der Waals surface area (Å²) in [7, 11) is -3.93. The van der Waals surface area contributed by atoms with Crippen molar-refractivity contribution in [1.29, 1.82) is 0 Å². The fourth-order valence-electron chi connectivity index (χ4n) is 3.23. The molecule has 0 saturated heterocycles. The first-order valence-electron chi connectivity index (χ1n) is 8.91. The SMILES string of the molecule is CCOc1cc2c(cc1NS(=O)(=O)c1ccc3c(c1)NC(=O)CO3)O[C@@H](C)C2. The Kier molecular flexibility index (Phi) is 4.54. The summed E-state index contributed by atoms with van der Waals surface area (Å²) in [6.07, 6.45) is 0.771. The van der Waals surface area contributed by atoms with Crippen molar-refractivity contribution in [3.05, 3.63) is 35.9 Å². The highest BCUT2D eigenvalue weighted by molar-refractivity contribution is 7.92. The molecule has 28 heavy (non-hydrogen) atoms. The minimum Gasteiger partial charge on any atom is -0.492 e. The third-order valence-corrected chi connectivity index (χ3v) is 5.80. The Labute approximate surface area is 162 Å². The number of ether oxygens (including phenoxy) is 3. The number of amides is 1. The minimum absolute atomic E-state index is 0.00529. The molecule has 2 N–H and O–H groups in total. The van der Waals surface area contributed by atoms with Gasteiger partial charge in [0.05, 0.1) is 22.9 Å². The van der Waals surface area contributed by atoms with E-state index >= 15 is 0 Å². The summed E-state index contributed by atoms with van der Waals surface area (Å²) in [5.41, 5.74) is 1.59. The molecule has 0 spiro atoms. The van der Waals surface area contributed by atoms with Crippen molar-refractivity contribution < 1.29 is 27.4 Å². The number of anilines is 2. The van der Waals surface area contributed by atoms with Gasteiger partial charge < -0.3 is 19.5 Å². The van der Waals surface area contributed by atoms with Gasteiger partial charge in [-0.1, -0.05) is 0 Å². The molecule has 0 fully saturated rings. The molecule has 0 aliphatic carbocycles. The lowest BCUT2D eigenvalue weighted by atomic mass is 10.1. The number of sulfonamides is 1. The lowest BCUT2D eigenvalue weighted by Crippen LogP contribution is -2.25. The molecule has 2 aromatic rings. The van der Waals surface area contributed by atoms with E-state index in [4.69, 9.17) is 14.2 Å². The van der Waals surface area contributed by atoms with Crippen LogP contribution in [0, 0.1) is 0 Å². The number of fused-ring (bicyclic) bond motifs is 2. The Bertz CT molecular complexity index is 1050. The summed E-state index contributed by atoms with van der Waals surface area (Å²) in [4.78, 5) is 11.5. The lowest BCUT2D eigenvalue weighted by molar-refractivity contribution is -0.118. The van der Waals surface area contributed by atoms with Crippen LogP contribution in [0.25, 0.3) is 0 Å². The van der Waals surface area contributed by atoms with Crippen LogP contribution in [0.4, 0.5) is 11.4 Å². The number of benzene rings is 2. The number of carbonyl (C=O) groups is 1. The predicted octanol–water partition coefficient (Wildman–Crippen LogP) is 2.54. The summed E-state index contributed by atoms with van der Waals surface area (Å²) >= 11 is 0. The Balaban J connectivity index is 1.68. The van der Waals surface area contributed by atoms with Crippen molar-refractivity contribution in [1.82, 2.24) is 0 Å². The molecule has 0 aromatic heterocycles. The van der Waals surface area contributed by atoms with E-state index in [0.29, 0.717) is 35.2 Å². The molecular formula is C19H20N2O6S. The summed E-state index contributed by atoms with van der Waals surface area (Å²) in [6, 6.07) is 7.75. The number of hydrogen-bond donors (Lipinski definition) is 2. The summed E-state index contributed by atoms with van der Waals surface area (Å²) in [6.45, 7) is 4.08. The largest absolute Gasteiger partial charge is 0.492 e. The average molecular weight is 404 g/mol. The van der Waals surface area contributed by atoms with Gasteiger partial charge in [-0.3, -0.25) is 9.52 Å². The third-order valence-electron chi connectivity index (χ3n) is 4.44. The van der Waals surface area contributed by atoms with Crippen LogP contribution in [0.15, 0.2) is 35.2 Å². The second-order valence-electron chi connectivity index (χ2n) is 6.62. The molecule has 8 nitrogen and oxygen atoms in total. The molecule has 0 radical (unpaired) electrons. The van der Waals surface area contributed by atoms with E-state index in [1.165, 1.54) is 18.2 Å². The van der Waals surface area contributed by atoms with Gasteiger partial charge in [0, 0.05) is 18.1 Å². The first-order valence-corrected chi connectivity index (χ1v) is 10.4. The predicted molar refractivity (Wildman–Crippen MR) is 103 cm³/mol. The standard InChI is InChI=1S/C19H20N2O6S/c1-3-25-18-7-12-6-11(2)27-17(12)9-15(18)21-28(23,24)13-4-5-16-14(8-13)20-19(22)10-26-16/h4-5,7-9,11,21H,3,6,10H2,1-2H3,(H,20,22)/t11-/m0/s1. The van der Waals surface area contributed by atoms with E-state index < -0.39 is 10.0 Å². The lowest BCUT2D eigenvalue weighted by Gasteiger charge is -2.19. The Morgan fingerprint density at radius 3 is 2.86 bits per heavy atom. The number of nitrogens with one attached hydrogen (secondary N) is 2. The van der Waals surface area contributed by atoms with Gasteiger partial charge in [-0.2, -0.15) is 0 Å². The van der Waals surface area contributed by atoms with Gasteiger partial charge in [0.2, 0.25) is 0 Å². The molecule has 2 aromatic carbocycles. The van der Waals surface area contributed by atoms with Gasteiger partial charge in [-0.25, -0.2) is 8.42 Å². The molecular weight excluding hydrogens is 384 g/mol. The molecule has 4 rings (SSSR count). The van der Waals surface area contributed by atoms with E-state index in [0.717, 1.165) is 12.0 Å². The summed E-state index contributed by atoms with van der Waals surface area (Å²) in [5, 5.41) is 2.61. The fraction of sp³-hybridized carbons (Fsp3) is 0.316. The van der Waals surface area contributed by atoms with Crippen LogP contribution < -0.4 is 24.2 Å². The molecule has 1 amide bonds. The van der Waals surface area contributed by atoms with Gasteiger partial charge in [-0.15, -0.1) is 0 Å². The van der Waals surface area contributed by atoms with Crippen LogP contribution in [-0.2, 0) is 21.2 Å². The molecule has 9 heteroatoms. The highest BCUT2D eigenvalue weighted by Gasteiger charge is 2.25. The number of hydrogen-bond acceptors (Lipinski definition) is 6. The van der Waals surface area contributed by atoms with Crippen LogP contribution in [0.3, 0.4) is 0 Å². The van der Waals surface area contributed by atoms with E-state index in [1.807, 2.05) is 13.8 Å². The third kappa shape index (κ3) is 3.45. The van der Waals surface area contributed by atoms with Crippen LogP contribution >= 0.6 is 0 Å². The molecule has 2 aliphatic rings. The van der Waals surface area contributed by atoms with Crippen molar-refractivity contribution in [3.63, 3.8) is 0 Å². The van der Waals surface area contributed by atoms with Gasteiger partial charge >= 0.3 is 0 Å². The zero-order chi connectivity index (χ0) is 19.9. The summed E-state index contributed by atoms with van der Waals surface area (Å²) < 4.78 is 45.0. The van der Waals surface area contributed by atoms with Crippen molar-refractivity contribution in [2.24, 2.45) is 0 Å². The Morgan fingerprint density at radius 2 is 2.07 bits per heavy atom. The number of carbonyl (C=O) groups excluding carboxylic acids is 1. The van der Waals surface area contributed by atoms with Gasteiger partial charge in [0.25, 0.3) is 15.9 Å². The normalized spacial score (nSPS) is 17.6. The molecule has 148 valence electrons. The zero-order valence-corrected chi connectivity index (χ0v) is 16.3. The maximum Gasteiger partial charge on any atom is 0.262 e. The van der Waals surface area contributed by atoms with Crippen molar-refractivity contribution in [2.45, 2.75) is 31.3 Å². The Morgan fingerprint density at radius 1 is 1.25 bits per heavy atom. The van der Waals surface area contributed by atoms with Crippen LogP contribution in [-0.4, -0.2) is 33.6 Å². The summed E-state index contributed by atoms with van der Waals surface area (Å²) in [5.74, 6) is 1.17. The smallest absolute Gasteiger partial charge is 0.262 e. The van der Waals surface area contributed by atoms with Gasteiger partial charge in [0.1, 0.15) is 23.4 Å². The minimum atomic E-state index is -3.93. The second kappa shape index (κ2) is 6.90. The fourth-order valence-corrected chi connectivity index (χ4v) is 4.31. The van der Waals surface area contributed by atoms with Crippen LogP contribution in [0.2, 0.25) is 0 Å². The van der Waals surface area contributed by atoms with E-state index in [9.17, 15) is 13.2 Å². The van der Waals surface area contributed by atoms with E-state index in [-0.39, 0.29) is 23.5 Å². The first kappa shape index (κ1) is 18.4. The maximum absolute atomic E-state index is 12.9. The molecule has 2 heterocycles. The molecule has 1 atom stereocenters. The van der Waals surface area contributed by atoms with Crippen molar-refractivity contribution in [3.8, 4) is 17.2 Å². The quantitative estimate of drug-likeness (QED) is 0.794. The topological polar surface area (TPSA) is 103 Å². The van der Waals surface area contributed by atoms with E-state index in [2.05, 4.69) is 10.0 Å². The zero-order valence-electron chi connectivity index (χ0n) is 15.4. The molecule has 0 unspecified atom stereocenters. The highest BCUT2D eigenvalue weighted by Crippen LogP contribution is 2.39. The second-order valence-corrected chi connectivity index (χ2v) is 8.30. The van der Waals surface area contributed by atoms with Crippen LogP contribution in [0.1, 0.15) is 19.4 Å². The first-order chi connectivity index (χ1) is 13.4. The monoisotopic (exact) mass is 404 g/mol. The van der Waals surface area contributed by atoms with Crippen molar-refractivity contribution in [2.75, 3.05) is 23.3 Å². The van der Waals surface area contributed by atoms with Gasteiger partial charge in [0.15, 0.2) is 6.61 Å². The van der Waals surface area contributed by atoms with E-state index in [1.54, 1.807) is 12.1 Å². The number of rotatable bonds is 5. The molecule has 2 aliphatic heterocycles. The highest BCUT2D eigenvalue weighted by atomic mass is 32.2. The molecule has 0 bridgehead atoms. The van der Waals surface area contributed by atoms with Crippen molar-refractivity contribution >= 4 is 27.3 Å². The van der Waals surface area contributed by atoms with Gasteiger partial charge in [-0.05, 0) is 38.1 Å². The molecule has 0 saturated carbocycles. The maximum atomic E-state index is 12.9. The Hall–Kier alpha value is -2.94. The van der Waals surface area contributed by atoms with Crippen LogP contribution in [0.5, 0.6) is 17.2 Å².